The van der Waals surface area contributed by atoms with Crippen LogP contribution in [-0.4, -0.2) is 11.8 Å². The van der Waals surface area contributed by atoms with E-state index < -0.39 is 5.91 Å². The highest BCUT2D eigenvalue weighted by Crippen LogP contribution is 2.24. The Labute approximate surface area is 130 Å². The maximum Gasteiger partial charge on any atom is 0.250 e. The van der Waals surface area contributed by atoms with Crippen molar-refractivity contribution in [3.05, 3.63) is 65.7 Å². The lowest BCUT2D eigenvalue weighted by Gasteiger charge is -2.16. The topological polar surface area (TPSA) is 72.2 Å². The van der Waals surface area contributed by atoms with Crippen LogP contribution in [0.4, 0.5) is 5.69 Å². The maximum atomic E-state index is 12.3. The third-order valence-corrected chi connectivity index (χ3v) is 3.66. The highest BCUT2D eigenvalue weighted by Gasteiger charge is 2.16. The van der Waals surface area contributed by atoms with Crippen molar-refractivity contribution >= 4 is 17.5 Å². The summed E-state index contributed by atoms with van der Waals surface area (Å²) < 4.78 is 0. The molecule has 0 radical (unpaired) electrons. The summed E-state index contributed by atoms with van der Waals surface area (Å²) in [5.41, 5.74) is 7.24. The van der Waals surface area contributed by atoms with Gasteiger partial charge in [0.25, 0.3) is 5.91 Å². The van der Waals surface area contributed by atoms with Crippen LogP contribution in [-0.2, 0) is 4.79 Å². The summed E-state index contributed by atoms with van der Waals surface area (Å²) in [5, 5.41) is 2.79. The van der Waals surface area contributed by atoms with Gasteiger partial charge in [0.1, 0.15) is 0 Å². The van der Waals surface area contributed by atoms with Crippen molar-refractivity contribution in [3.63, 3.8) is 0 Å². The van der Waals surface area contributed by atoms with Crippen molar-refractivity contribution in [2.45, 2.75) is 25.7 Å². The fraction of sp³-hybridized carbons (Fsp3) is 0.222. The molecule has 0 spiro atoms. The molecule has 0 bridgehead atoms. The maximum absolute atomic E-state index is 12.3. The summed E-state index contributed by atoms with van der Waals surface area (Å²) in [6, 6.07) is 16.7. The molecule has 0 heterocycles. The number of nitrogens with two attached hydrogens (primary N) is 1. The third-order valence-electron chi connectivity index (χ3n) is 3.66. The van der Waals surface area contributed by atoms with E-state index in [2.05, 4.69) is 12.2 Å². The van der Waals surface area contributed by atoms with E-state index in [0.717, 1.165) is 12.0 Å². The van der Waals surface area contributed by atoms with Crippen LogP contribution in [0, 0.1) is 0 Å². The Balaban J connectivity index is 2.08. The first-order valence-electron chi connectivity index (χ1n) is 7.35. The number of hydrogen-bond donors (Lipinski definition) is 2. The molecule has 0 aliphatic carbocycles. The Hall–Kier alpha value is -2.62. The summed E-state index contributed by atoms with van der Waals surface area (Å²) in [5.74, 6) is -0.516. The van der Waals surface area contributed by atoms with Gasteiger partial charge in [-0.1, -0.05) is 49.4 Å². The van der Waals surface area contributed by atoms with E-state index in [-0.39, 0.29) is 11.8 Å². The zero-order valence-electron chi connectivity index (χ0n) is 12.6. The second kappa shape index (κ2) is 7.41. The lowest BCUT2D eigenvalue weighted by molar-refractivity contribution is -0.116. The molecular formula is C18H20N2O2. The van der Waals surface area contributed by atoms with Crippen LogP contribution in [0.3, 0.4) is 0 Å². The molecule has 3 N–H and O–H groups in total. The summed E-state index contributed by atoms with van der Waals surface area (Å²) in [4.78, 5) is 23.6. The molecule has 0 aromatic heterocycles. The highest BCUT2D eigenvalue weighted by atomic mass is 16.2. The van der Waals surface area contributed by atoms with E-state index >= 15 is 0 Å². The number of carbonyl (C=O) groups is 2. The quantitative estimate of drug-likeness (QED) is 0.858. The Bertz CT molecular complexity index is 653. The number of primary amides is 1. The fourth-order valence-corrected chi connectivity index (χ4v) is 2.46. The first-order valence-corrected chi connectivity index (χ1v) is 7.35. The van der Waals surface area contributed by atoms with Crippen molar-refractivity contribution in [3.8, 4) is 0 Å². The van der Waals surface area contributed by atoms with Crippen LogP contribution in [0.15, 0.2) is 54.6 Å². The molecule has 2 aromatic carbocycles. The minimum absolute atomic E-state index is 0.121. The molecule has 2 amide bonds. The molecule has 0 saturated carbocycles. The second-order valence-electron chi connectivity index (χ2n) is 5.18. The Morgan fingerprint density at radius 1 is 1.05 bits per heavy atom. The predicted molar refractivity (Wildman–Crippen MR) is 87.7 cm³/mol. The fourth-order valence-electron chi connectivity index (χ4n) is 2.46. The number of hydrogen-bond acceptors (Lipinski definition) is 2. The summed E-state index contributed by atoms with van der Waals surface area (Å²) in [6.07, 6.45) is 1.24. The van der Waals surface area contributed by atoms with Gasteiger partial charge in [-0.3, -0.25) is 9.59 Å². The number of rotatable bonds is 6. The van der Waals surface area contributed by atoms with E-state index in [9.17, 15) is 9.59 Å². The van der Waals surface area contributed by atoms with Crippen molar-refractivity contribution in [2.75, 3.05) is 5.32 Å². The van der Waals surface area contributed by atoms with Gasteiger partial charge in [-0.25, -0.2) is 0 Å². The molecule has 4 nitrogen and oxygen atoms in total. The minimum Gasteiger partial charge on any atom is -0.366 e. The number of amides is 2. The van der Waals surface area contributed by atoms with Gasteiger partial charge < -0.3 is 11.1 Å². The third kappa shape index (κ3) is 3.95. The molecule has 0 aliphatic heterocycles. The number of nitrogens with one attached hydrogen (secondary N) is 1. The van der Waals surface area contributed by atoms with E-state index in [1.807, 2.05) is 30.3 Å². The zero-order valence-corrected chi connectivity index (χ0v) is 12.6. The molecule has 2 rings (SSSR count). The van der Waals surface area contributed by atoms with E-state index in [0.29, 0.717) is 17.7 Å². The molecule has 0 saturated heterocycles. The normalized spacial score (nSPS) is 11.7. The smallest absolute Gasteiger partial charge is 0.250 e. The standard InChI is InChI=1S/C18H20N2O2/c1-2-13(14-8-4-3-5-9-14)12-17(21)20-16-11-7-6-10-15(16)18(19)22/h3-11,13H,2,12H2,1H3,(H2,19,22)(H,20,21). The van der Waals surface area contributed by atoms with Gasteiger partial charge in [-0.15, -0.1) is 0 Å². The molecule has 1 atom stereocenters. The van der Waals surface area contributed by atoms with E-state index in [1.54, 1.807) is 24.3 Å². The zero-order chi connectivity index (χ0) is 15.9. The van der Waals surface area contributed by atoms with Gasteiger partial charge in [0, 0.05) is 6.42 Å². The van der Waals surface area contributed by atoms with Gasteiger partial charge in [0.2, 0.25) is 5.91 Å². The molecule has 2 aromatic rings. The molecule has 1 unspecified atom stereocenters. The molecule has 0 fully saturated rings. The van der Waals surface area contributed by atoms with E-state index in [1.165, 1.54) is 0 Å². The molecule has 4 heteroatoms. The lowest BCUT2D eigenvalue weighted by Crippen LogP contribution is -2.19. The number of para-hydroxylation sites is 1. The summed E-state index contributed by atoms with van der Waals surface area (Å²) >= 11 is 0. The molecular weight excluding hydrogens is 276 g/mol. The number of carbonyl (C=O) groups excluding carboxylic acids is 2. The molecule has 22 heavy (non-hydrogen) atoms. The Morgan fingerprint density at radius 3 is 2.32 bits per heavy atom. The average Bonchev–Trinajstić information content (AvgIpc) is 2.53. The van der Waals surface area contributed by atoms with Gasteiger partial charge in [-0.05, 0) is 30.0 Å². The van der Waals surface area contributed by atoms with Crippen LogP contribution in [0.1, 0.15) is 41.6 Å². The number of anilines is 1. The minimum atomic E-state index is -0.550. The highest BCUT2D eigenvalue weighted by molar-refractivity contribution is 6.03. The van der Waals surface area contributed by atoms with Crippen molar-refractivity contribution < 1.29 is 9.59 Å². The number of benzene rings is 2. The lowest BCUT2D eigenvalue weighted by atomic mass is 9.93. The van der Waals surface area contributed by atoms with Crippen LogP contribution in [0.25, 0.3) is 0 Å². The van der Waals surface area contributed by atoms with E-state index in [4.69, 9.17) is 5.73 Å². The van der Waals surface area contributed by atoms with Crippen molar-refractivity contribution in [1.29, 1.82) is 0 Å². The van der Waals surface area contributed by atoms with Crippen LogP contribution < -0.4 is 11.1 Å². The van der Waals surface area contributed by atoms with Gasteiger partial charge in [0.05, 0.1) is 11.3 Å². The van der Waals surface area contributed by atoms with Crippen LogP contribution in [0.5, 0.6) is 0 Å². The summed E-state index contributed by atoms with van der Waals surface area (Å²) in [7, 11) is 0. The van der Waals surface area contributed by atoms with Gasteiger partial charge in [0.15, 0.2) is 0 Å². The first-order chi connectivity index (χ1) is 10.6. The molecule has 0 aliphatic rings. The largest absolute Gasteiger partial charge is 0.366 e. The Kier molecular flexibility index (Phi) is 5.31. The van der Waals surface area contributed by atoms with Crippen LogP contribution >= 0.6 is 0 Å². The summed E-state index contributed by atoms with van der Waals surface area (Å²) in [6.45, 7) is 2.06. The molecule has 114 valence electrons. The Morgan fingerprint density at radius 2 is 1.68 bits per heavy atom. The second-order valence-corrected chi connectivity index (χ2v) is 5.18. The first kappa shape index (κ1) is 15.8. The monoisotopic (exact) mass is 296 g/mol. The van der Waals surface area contributed by atoms with Gasteiger partial charge in [-0.2, -0.15) is 0 Å². The predicted octanol–water partition coefficient (Wildman–Crippen LogP) is 3.31. The SMILES string of the molecule is CCC(CC(=O)Nc1ccccc1C(N)=O)c1ccccc1. The average molecular weight is 296 g/mol. The van der Waals surface area contributed by atoms with Crippen molar-refractivity contribution in [1.82, 2.24) is 0 Å². The van der Waals surface area contributed by atoms with Crippen molar-refractivity contribution in [2.24, 2.45) is 5.73 Å². The van der Waals surface area contributed by atoms with Crippen LogP contribution in [0.2, 0.25) is 0 Å². The van der Waals surface area contributed by atoms with Gasteiger partial charge >= 0.3 is 0 Å².